The standard InChI is InChI=1S/C26H24ClFN2O4/c27-18-6-10-20(11-7-18)34-16-25(31)30-15-1-2-24(30)23-14-12-21(26(32)33)22(29-23)13-5-17-3-8-19(28)9-4-17/h3-4,6-12,14,24H,1-2,5,13,15-16H2,(H,32,33)/t24-/m0/s1. The van der Waals surface area contributed by atoms with E-state index in [2.05, 4.69) is 4.98 Å². The lowest BCUT2D eigenvalue weighted by atomic mass is 10.0. The van der Waals surface area contributed by atoms with Gasteiger partial charge in [0.2, 0.25) is 0 Å². The molecule has 0 spiro atoms. The number of benzene rings is 2. The van der Waals surface area contributed by atoms with Crippen LogP contribution in [0.3, 0.4) is 0 Å². The summed E-state index contributed by atoms with van der Waals surface area (Å²) in [6.45, 7) is 0.476. The van der Waals surface area contributed by atoms with Crippen LogP contribution in [0.5, 0.6) is 5.75 Å². The van der Waals surface area contributed by atoms with Gasteiger partial charge in [0, 0.05) is 11.6 Å². The second kappa shape index (κ2) is 10.7. The van der Waals surface area contributed by atoms with Crippen LogP contribution in [0.1, 0.15) is 46.2 Å². The first kappa shape index (κ1) is 23.7. The van der Waals surface area contributed by atoms with Crippen molar-refractivity contribution in [2.75, 3.05) is 13.2 Å². The van der Waals surface area contributed by atoms with Crippen LogP contribution in [0.15, 0.2) is 60.7 Å². The summed E-state index contributed by atoms with van der Waals surface area (Å²) in [5.41, 5.74) is 2.14. The molecule has 1 fully saturated rings. The Balaban J connectivity index is 1.48. The molecule has 1 atom stereocenters. The lowest BCUT2D eigenvalue weighted by Gasteiger charge is -2.25. The van der Waals surface area contributed by atoms with Gasteiger partial charge in [0.05, 0.1) is 23.0 Å². The van der Waals surface area contributed by atoms with E-state index in [0.29, 0.717) is 41.5 Å². The van der Waals surface area contributed by atoms with E-state index in [0.717, 1.165) is 18.4 Å². The Labute approximate surface area is 202 Å². The number of aromatic carboxylic acids is 1. The Morgan fingerprint density at radius 3 is 2.50 bits per heavy atom. The van der Waals surface area contributed by atoms with Crippen LogP contribution < -0.4 is 4.74 Å². The molecule has 1 aliphatic heterocycles. The molecular weight excluding hydrogens is 459 g/mol. The topological polar surface area (TPSA) is 79.7 Å². The van der Waals surface area contributed by atoms with Gasteiger partial charge in [-0.05, 0) is 79.8 Å². The van der Waals surface area contributed by atoms with E-state index in [1.807, 2.05) is 0 Å². The minimum atomic E-state index is -1.05. The van der Waals surface area contributed by atoms with Crippen LogP contribution in [-0.2, 0) is 17.6 Å². The molecule has 0 saturated carbocycles. The Kier molecular flexibility index (Phi) is 7.43. The first-order valence-corrected chi connectivity index (χ1v) is 11.4. The van der Waals surface area contributed by atoms with Gasteiger partial charge in [0.1, 0.15) is 11.6 Å². The predicted molar refractivity (Wildman–Crippen MR) is 126 cm³/mol. The lowest BCUT2D eigenvalue weighted by molar-refractivity contribution is -0.134. The van der Waals surface area contributed by atoms with Crippen LogP contribution >= 0.6 is 11.6 Å². The summed E-state index contributed by atoms with van der Waals surface area (Å²) in [5.74, 6) is -0.972. The lowest BCUT2D eigenvalue weighted by Crippen LogP contribution is -2.35. The van der Waals surface area contributed by atoms with Gasteiger partial charge in [-0.15, -0.1) is 0 Å². The zero-order chi connectivity index (χ0) is 24.1. The highest BCUT2D eigenvalue weighted by Gasteiger charge is 2.31. The summed E-state index contributed by atoms with van der Waals surface area (Å²) in [7, 11) is 0. The van der Waals surface area contributed by atoms with Gasteiger partial charge in [0.15, 0.2) is 6.61 Å². The van der Waals surface area contributed by atoms with Gasteiger partial charge in [-0.25, -0.2) is 9.18 Å². The second-order valence-corrected chi connectivity index (χ2v) is 8.59. The number of carboxylic acid groups (broad SMARTS) is 1. The Morgan fingerprint density at radius 2 is 1.79 bits per heavy atom. The second-order valence-electron chi connectivity index (χ2n) is 8.15. The van der Waals surface area contributed by atoms with E-state index in [-0.39, 0.29) is 29.9 Å². The third kappa shape index (κ3) is 5.72. The Morgan fingerprint density at radius 1 is 1.06 bits per heavy atom. The number of pyridine rings is 1. The van der Waals surface area contributed by atoms with Crippen LogP contribution in [0.4, 0.5) is 4.39 Å². The Bertz CT molecular complexity index is 1170. The predicted octanol–water partition coefficient (Wildman–Crippen LogP) is 5.10. The van der Waals surface area contributed by atoms with Crippen molar-refractivity contribution in [2.45, 2.75) is 31.7 Å². The van der Waals surface area contributed by atoms with E-state index in [1.54, 1.807) is 53.4 Å². The van der Waals surface area contributed by atoms with Gasteiger partial charge < -0.3 is 14.7 Å². The van der Waals surface area contributed by atoms with Gasteiger partial charge in [0.25, 0.3) is 5.91 Å². The first-order valence-electron chi connectivity index (χ1n) is 11.1. The van der Waals surface area contributed by atoms with Crippen LogP contribution in [0.25, 0.3) is 0 Å². The number of nitrogens with zero attached hydrogens (tertiary/aromatic N) is 2. The van der Waals surface area contributed by atoms with Crippen molar-refractivity contribution in [3.8, 4) is 5.75 Å². The van der Waals surface area contributed by atoms with Crippen molar-refractivity contribution < 1.29 is 23.8 Å². The SMILES string of the molecule is O=C(O)c1ccc([C@@H]2CCCN2C(=O)COc2ccc(Cl)cc2)nc1CCc1ccc(F)cc1. The molecular formula is C26H24ClFN2O4. The minimum Gasteiger partial charge on any atom is -0.484 e. The fourth-order valence-electron chi connectivity index (χ4n) is 4.13. The highest BCUT2D eigenvalue weighted by molar-refractivity contribution is 6.30. The largest absolute Gasteiger partial charge is 0.484 e. The number of carbonyl (C=O) groups is 2. The molecule has 0 aliphatic carbocycles. The molecule has 2 heterocycles. The zero-order valence-corrected chi connectivity index (χ0v) is 19.2. The molecule has 1 N–H and O–H groups in total. The van der Waals surface area contributed by atoms with Crippen LogP contribution in [0.2, 0.25) is 5.02 Å². The molecule has 0 radical (unpaired) electrons. The summed E-state index contributed by atoms with van der Waals surface area (Å²) in [4.78, 5) is 31.0. The van der Waals surface area contributed by atoms with Crippen molar-refractivity contribution in [1.29, 1.82) is 0 Å². The molecule has 34 heavy (non-hydrogen) atoms. The molecule has 176 valence electrons. The first-order chi connectivity index (χ1) is 16.4. The third-order valence-electron chi connectivity index (χ3n) is 5.88. The normalized spacial score (nSPS) is 15.4. The summed E-state index contributed by atoms with van der Waals surface area (Å²) in [6, 6.07) is 15.9. The van der Waals surface area contributed by atoms with Crippen molar-refractivity contribution in [1.82, 2.24) is 9.88 Å². The number of hydrogen-bond donors (Lipinski definition) is 1. The smallest absolute Gasteiger partial charge is 0.337 e. The number of aromatic nitrogens is 1. The maximum Gasteiger partial charge on any atom is 0.337 e. The highest BCUT2D eigenvalue weighted by Crippen LogP contribution is 2.32. The monoisotopic (exact) mass is 482 g/mol. The molecule has 2 aromatic carbocycles. The number of hydrogen-bond acceptors (Lipinski definition) is 4. The number of likely N-dealkylation sites (tertiary alicyclic amines) is 1. The van der Waals surface area contributed by atoms with Crippen molar-refractivity contribution >= 4 is 23.5 Å². The number of carbonyl (C=O) groups excluding carboxylic acids is 1. The average molecular weight is 483 g/mol. The molecule has 0 bridgehead atoms. The van der Waals surface area contributed by atoms with Gasteiger partial charge in [-0.3, -0.25) is 9.78 Å². The Hall–Kier alpha value is -3.45. The summed E-state index contributed by atoms with van der Waals surface area (Å²) >= 11 is 5.88. The summed E-state index contributed by atoms with van der Waals surface area (Å²) < 4.78 is 18.8. The molecule has 1 amide bonds. The molecule has 1 aliphatic rings. The van der Waals surface area contributed by atoms with Crippen molar-refractivity contribution in [2.24, 2.45) is 0 Å². The van der Waals surface area contributed by atoms with Gasteiger partial charge in [-0.1, -0.05) is 23.7 Å². The highest BCUT2D eigenvalue weighted by atomic mass is 35.5. The maximum absolute atomic E-state index is 13.2. The third-order valence-corrected chi connectivity index (χ3v) is 6.13. The van der Waals surface area contributed by atoms with E-state index in [4.69, 9.17) is 16.3 Å². The van der Waals surface area contributed by atoms with E-state index >= 15 is 0 Å². The molecule has 6 nitrogen and oxygen atoms in total. The van der Waals surface area contributed by atoms with Crippen LogP contribution in [0, 0.1) is 5.82 Å². The van der Waals surface area contributed by atoms with Gasteiger partial charge >= 0.3 is 5.97 Å². The average Bonchev–Trinajstić information content (AvgIpc) is 3.33. The summed E-state index contributed by atoms with van der Waals surface area (Å²) in [6.07, 6.45) is 2.48. The fraction of sp³-hybridized carbons (Fsp3) is 0.269. The molecule has 1 saturated heterocycles. The minimum absolute atomic E-state index is 0.108. The van der Waals surface area contributed by atoms with Crippen LogP contribution in [-0.4, -0.2) is 40.0 Å². The molecule has 4 rings (SSSR count). The number of amides is 1. The van der Waals surface area contributed by atoms with E-state index in [1.165, 1.54) is 12.1 Å². The quantitative estimate of drug-likeness (QED) is 0.483. The van der Waals surface area contributed by atoms with Gasteiger partial charge in [-0.2, -0.15) is 0 Å². The maximum atomic E-state index is 13.2. The number of ether oxygens (including phenoxy) is 1. The van der Waals surface area contributed by atoms with Crippen molar-refractivity contribution in [3.63, 3.8) is 0 Å². The summed E-state index contributed by atoms with van der Waals surface area (Å²) in [5, 5.41) is 10.2. The van der Waals surface area contributed by atoms with E-state index < -0.39 is 5.97 Å². The number of carboxylic acids is 1. The van der Waals surface area contributed by atoms with Crippen molar-refractivity contribution in [3.05, 3.63) is 94.0 Å². The zero-order valence-electron chi connectivity index (χ0n) is 18.4. The number of rotatable bonds is 8. The molecule has 3 aromatic rings. The molecule has 8 heteroatoms. The number of halogens is 2. The molecule has 1 aromatic heterocycles. The molecule has 0 unspecified atom stereocenters. The van der Waals surface area contributed by atoms with E-state index in [9.17, 15) is 19.1 Å². The fourth-order valence-corrected chi connectivity index (χ4v) is 4.26. The number of aryl methyl sites for hydroxylation is 2.